The van der Waals surface area contributed by atoms with E-state index in [0.29, 0.717) is 24.7 Å². The molecule has 0 aliphatic carbocycles. The van der Waals surface area contributed by atoms with Crippen LogP contribution in [0.4, 0.5) is 0 Å². The summed E-state index contributed by atoms with van der Waals surface area (Å²) >= 11 is 0. The summed E-state index contributed by atoms with van der Waals surface area (Å²) in [5.74, 6) is -0.519. The highest BCUT2D eigenvalue weighted by molar-refractivity contribution is 6.16. The summed E-state index contributed by atoms with van der Waals surface area (Å²) in [6, 6.07) is 3.08. The molecule has 1 aliphatic heterocycles. The van der Waals surface area contributed by atoms with E-state index in [0.717, 1.165) is 0 Å². The molecule has 2 rings (SSSR count). The van der Waals surface area contributed by atoms with E-state index in [1.807, 2.05) is 6.92 Å². The minimum absolute atomic E-state index is 0.181. The molecular weight excluding hydrogens is 224 g/mol. The highest BCUT2D eigenvalue weighted by Crippen LogP contribution is 2.33. The SMILES string of the molecule is CCOc1cc(OCC)c2c(c1)C(=O)OC2=O. The van der Waals surface area contributed by atoms with Crippen LogP contribution in [0, 0.1) is 0 Å². The van der Waals surface area contributed by atoms with Gasteiger partial charge in [-0.2, -0.15) is 0 Å². The van der Waals surface area contributed by atoms with Crippen LogP contribution in [0.15, 0.2) is 12.1 Å². The molecule has 0 spiro atoms. The van der Waals surface area contributed by atoms with Gasteiger partial charge >= 0.3 is 11.9 Å². The number of carbonyl (C=O) groups is 2. The highest BCUT2D eigenvalue weighted by atomic mass is 16.6. The third-order valence-corrected chi connectivity index (χ3v) is 2.30. The van der Waals surface area contributed by atoms with Crippen LogP contribution in [0.2, 0.25) is 0 Å². The molecule has 17 heavy (non-hydrogen) atoms. The van der Waals surface area contributed by atoms with Crippen molar-refractivity contribution < 1.29 is 23.8 Å². The molecule has 90 valence electrons. The standard InChI is InChI=1S/C12H12O5/c1-3-15-7-5-8-10(9(6-7)16-4-2)12(14)17-11(8)13/h5-6H,3-4H2,1-2H3. The normalized spacial score (nSPS) is 13.3. The molecule has 5 heteroatoms. The van der Waals surface area contributed by atoms with Crippen molar-refractivity contribution in [2.24, 2.45) is 0 Å². The monoisotopic (exact) mass is 236 g/mol. The van der Waals surface area contributed by atoms with Crippen molar-refractivity contribution in [1.82, 2.24) is 0 Å². The second kappa shape index (κ2) is 4.45. The predicted octanol–water partition coefficient (Wildman–Crippen LogP) is 1.79. The number of fused-ring (bicyclic) bond motifs is 1. The summed E-state index contributed by atoms with van der Waals surface area (Å²) < 4.78 is 15.2. The summed E-state index contributed by atoms with van der Waals surface area (Å²) in [5, 5.41) is 0. The first-order valence-corrected chi connectivity index (χ1v) is 5.37. The number of ether oxygens (including phenoxy) is 3. The maximum absolute atomic E-state index is 11.5. The van der Waals surface area contributed by atoms with Crippen LogP contribution >= 0.6 is 0 Å². The lowest BCUT2D eigenvalue weighted by atomic mass is 10.1. The van der Waals surface area contributed by atoms with E-state index in [9.17, 15) is 9.59 Å². The number of esters is 2. The van der Waals surface area contributed by atoms with Crippen molar-refractivity contribution in [2.75, 3.05) is 13.2 Å². The number of hydrogen-bond acceptors (Lipinski definition) is 5. The highest BCUT2D eigenvalue weighted by Gasteiger charge is 2.34. The topological polar surface area (TPSA) is 61.8 Å². The fraction of sp³-hybridized carbons (Fsp3) is 0.333. The fourth-order valence-corrected chi connectivity index (χ4v) is 1.67. The van der Waals surface area contributed by atoms with Crippen LogP contribution in [-0.2, 0) is 4.74 Å². The molecule has 1 aromatic rings. The number of hydrogen-bond donors (Lipinski definition) is 0. The quantitative estimate of drug-likeness (QED) is 0.589. The van der Waals surface area contributed by atoms with Crippen LogP contribution in [0.3, 0.4) is 0 Å². The minimum Gasteiger partial charge on any atom is -0.494 e. The van der Waals surface area contributed by atoms with E-state index in [-0.39, 0.29) is 11.1 Å². The molecule has 0 N–H and O–H groups in total. The van der Waals surface area contributed by atoms with E-state index in [2.05, 4.69) is 4.74 Å². The van der Waals surface area contributed by atoms with Crippen molar-refractivity contribution in [2.45, 2.75) is 13.8 Å². The third kappa shape index (κ3) is 1.95. The second-order valence-electron chi connectivity index (χ2n) is 3.39. The molecule has 0 bridgehead atoms. The Labute approximate surface area is 98.3 Å². The first kappa shape index (κ1) is 11.4. The molecule has 1 aliphatic rings. The number of carbonyl (C=O) groups excluding carboxylic acids is 2. The summed E-state index contributed by atoms with van der Waals surface area (Å²) in [6.45, 7) is 4.48. The molecule has 0 aromatic heterocycles. The first-order chi connectivity index (χ1) is 8.17. The van der Waals surface area contributed by atoms with Gasteiger partial charge in [0.15, 0.2) is 0 Å². The lowest BCUT2D eigenvalue weighted by Crippen LogP contribution is -2.02. The Hall–Kier alpha value is -2.04. The summed E-state index contributed by atoms with van der Waals surface area (Å²) in [4.78, 5) is 22.9. The van der Waals surface area contributed by atoms with Gasteiger partial charge in [0.25, 0.3) is 0 Å². The van der Waals surface area contributed by atoms with Gasteiger partial charge in [-0.15, -0.1) is 0 Å². The van der Waals surface area contributed by atoms with Crippen molar-refractivity contribution in [3.05, 3.63) is 23.3 Å². The van der Waals surface area contributed by atoms with Gasteiger partial charge in [-0.05, 0) is 19.9 Å². The molecule has 0 radical (unpaired) electrons. The van der Waals surface area contributed by atoms with Crippen molar-refractivity contribution in [1.29, 1.82) is 0 Å². The molecule has 0 saturated carbocycles. The van der Waals surface area contributed by atoms with Crippen molar-refractivity contribution >= 4 is 11.9 Å². The first-order valence-electron chi connectivity index (χ1n) is 5.37. The molecule has 1 aromatic carbocycles. The molecule has 1 heterocycles. The maximum Gasteiger partial charge on any atom is 0.350 e. The van der Waals surface area contributed by atoms with Crippen molar-refractivity contribution in [3.8, 4) is 11.5 Å². The molecule has 0 atom stereocenters. The Bertz CT molecular complexity index is 478. The molecular formula is C12H12O5. The summed E-state index contributed by atoms with van der Waals surface area (Å²) in [5.41, 5.74) is 0.379. The average Bonchev–Trinajstić information content (AvgIpc) is 2.56. The Morgan fingerprint density at radius 3 is 2.41 bits per heavy atom. The van der Waals surface area contributed by atoms with Gasteiger partial charge < -0.3 is 14.2 Å². The Morgan fingerprint density at radius 2 is 1.76 bits per heavy atom. The maximum atomic E-state index is 11.5. The van der Waals surface area contributed by atoms with Crippen LogP contribution in [0.1, 0.15) is 34.6 Å². The number of benzene rings is 1. The van der Waals surface area contributed by atoms with Crippen LogP contribution in [0.25, 0.3) is 0 Å². The van der Waals surface area contributed by atoms with Gasteiger partial charge in [0.2, 0.25) is 0 Å². The Kier molecular flexibility index (Phi) is 2.99. The van der Waals surface area contributed by atoms with Gasteiger partial charge in [0, 0.05) is 6.07 Å². The van der Waals surface area contributed by atoms with E-state index >= 15 is 0 Å². The Balaban J connectivity index is 2.53. The average molecular weight is 236 g/mol. The van der Waals surface area contributed by atoms with E-state index < -0.39 is 11.9 Å². The van der Waals surface area contributed by atoms with Crippen LogP contribution < -0.4 is 9.47 Å². The zero-order valence-electron chi connectivity index (χ0n) is 9.61. The largest absolute Gasteiger partial charge is 0.494 e. The van der Waals surface area contributed by atoms with Gasteiger partial charge in [-0.1, -0.05) is 0 Å². The zero-order valence-corrected chi connectivity index (χ0v) is 9.61. The van der Waals surface area contributed by atoms with Gasteiger partial charge in [0.05, 0.1) is 18.8 Å². The number of rotatable bonds is 4. The molecule has 0 saturated heterocycles. The lowest BCUT2D eigenvalue weighted by Gasteiger charge is -2.09. The summed E-state index contributed by atoms with van der Waals surface area (Å²) in [7, 11) is 0. The molecule has 0 amide bonds. The molecule has 0 fully saturated rings. The zero-order chi connectivity index (χ0) is 12.4. The third-order valence-electron chi connectivity index (χ3n) is 2.30. The van der Waals surface area contributed by atoms with E-state index in [1.165, 1.54) is 6.07 Å². The minimum atomic E-state index is -0.670. The molecule has 5 nitrogen and oxygen atoms in total. The van der Waals surface area contributed by atoms with Gasteiger partial charge in [-0.25, -0.2) is 9.59 Å². The van der Waals surface area contributed by atoms with Crippen LogP contribution in [0.5, 0.6) is 11.5 Å². The second-order valence-corrected chi connectivity index (χ2v) is 3.39. The molecule has 0 unspecified atom stereocenters. The fourth-order valence-electron chi connectivity index (χ4n) is 1.67. The summed E-state index contributed by atoms with van der Waals surface area (Å²) in [6.07, 6.45) is 0. The number of cyclic esters (lactones) is 2. The van der Waals surface area contributed by atoms with Gasteiger partial charge in [-0.3, -0.25) is 0 Å². The lowest BCUT2D eigenvalue weighted by molar-refractivity contribution is 0.0442. The Morgan fingerprint density at radius 1 is 1.06 bits per heavy atom. The van der Waals surface area contributed by atoms with Crippen molar-refractivity contribution in [3.63, 3.8) is 0 Å². The van der Waals surface area contributed by atoms with E-state index in [4.69, 9.17) is 9.47 Å². The van der Waals surface area contributed by atoms with E-state index in [1.54, 1.807) is 13.0 Å². The van der Waals surface area contributed by atoms with Crippen LogP contribution in [-0.4, -0.2) is 25.2 Å². The predicted molar refractivity (Wildman–Crippen MR) is 58.5 cm³/mol. The smallest absolute Gasteiger partial charge is 0.350 e. The van der Waals surface area contributed by atoms with Gasteiger partial charge in [0.1, 0.15) is 17.1 Å².